The van der Waals surface area contributed by atoms with Crippen LogP contribution in [0.25, 0.3) is 6.08 Å². The maximum atomic E-state index is 13.7. The molecule has 4 rings (SSSR count). The summed E-state index contributed by atoms with van der Waals surface area (Å²) in [6.45, 7) is 3.72. The highest BCUT2D eigenvalue weighted by molar-refractivity contribution is 14.1. The zero-order chi connectivity index (χ0) is 25.4. The number of halogens is 2. The lowest BCUT2D eigenvalue weighted by atomic mass is 9.95. The van der Waals surface area contributed by atoms with Gasteiger partial charge in [-0.3, -0.25) is 9.36 Å². The lowest BCUT2D eigenvalue weighted by Crippen LogP contribution is -2.39. The molecule has 7 nitrogen and oxygen atoms in total. The number of hydrogen-bond acceptors (Lipinski definition) is 7. The van der Waals surface area contributed by atoms with Crippen molar-refractivity contribution in [2.24, 2.45) is 4.99 Å². The molecule has 10 heteroatoms. The van der Waals surface area contributed by atoms with E-state index in [1.807, 2.05) is 65.9 Å². The molecule has 1 N–H and O–H groups in total. The topological polar surface area (TPSA) is 84.1 Å². The Morgan fingerprint density at radius 2 is 2.00 bits per heavy atom. The predicted octanol–water partition coefficient (Wildman–Crippen LogP) is 3.94. The second kappa shape index (κ2) is 10.3. The molecular weight excluding hydrogens is 645 g/mol. The van der Waals surface area contributed by atoms with Crippen molar-refractivity contribution in [3.63, 3.8) is 0 Å². The fraction of sp³-hybridized carbons (Fsp3) is 0.240. The standard InChI is InChI=1S/C25H23BrIN3O4S/c1-5-34-24(33)20-13(2)28-25-30(21(20)14-6-8-17(9-7-14)29(3)4)23(32)19(35-25)11-15-10-16(26)12-18(27)22(15)31/h6-12,21,31H,5H2,1-4H3/t21-/m0/s1. The van der Waals surface area contributed by atoms with E-state index in [-0.39, 0.29) is 17.9 Å². The third kappa shape index (κ3) is 4.96. The van der Waals surface area contributed by atoms with Crippen molar-refractivity contribution in [2.45, 2.75) is 19.9 Å². The molecule has 0 aliphatic carbocycles. The number of hydrogen-bond donors (Lipinski definition) is 1. The van der Waals surface area contributed by atoms with Crippen LogP contribution in [0, 0.1) is 3.57 Å². The first-order valence-electron chi connectivity index (χ1n) is 10.8. The highest BCUT2D eigenvalue weighted by Crippen LogP contribution is 2.32. The van der Waals surface area contributed by atoms with Gasteiger partial charge in [-0.1, -0.05) is 39.4 Å². The summed E-state index contributed by atoms with van der Waals surface area (Å²) in [5.74, 6) is -0.400. The van der Waals surface area contributed by atoms with Crippen LogP contribution in [0.4, 0.5) is 5.69 Å². The zero-order valence-electron chi connectivity index (χ0n) is 19.5. The second-order valence-electron chi connectivity index (χ2n) is 8.11. The molecular formula is C25H23BrIN3O4S. The van der Waals surface area contributed by atoms with Gasteiger partial charge in [0.1, 0.15) is 5.75 Å². The molecule has 0 unspecified atom stereocenters. The van der Waals surface area contributed by atoms with Gasteiger partial charge in [-0.2, -0.15) is 0 Å². The first-order valence-corrected chi connectivity index (χ1v) is 13.5. The van der Waals surface area contributed by atoms with E-state index in [1.165, 1.54) is 11.3 Å². The third-order valence-electron chi connectivity index (χ3n) is 5.59. The second-order valence-corrected chi connectivity index (χ2v) is 11.2. The van der Waals surface area contributed by atoms with Crippen LogP contribution < -0.4 is 19.8 Å². The molecule has 0 saturated heterocycles. The Labute approximate surface area is 228 Å². The Morgan fingerprint density at radius 1 is 1.31 bits per heavy atom. The molecule has 182 valence electrons. The SMILES string of the molecule is CCOC(=O)C1=C(C)N=c2sc(=Cc3cc(Br)cc(I)c3O)c(=O)n2[C@H]1c1ccc(N(C)C)cc1. The smallest absolute Gasteiger partial charge is 0.338 e. The molecule has 1 atom stereocenters. The van der Waals surface area contributed by atoms with Gasteiger partial charge in [0.05, 0.1) is 32.0 Å². The largest absolute Gasteiger partial charge is 0.506 e. The molecule has 35 heavy (non-hydrogen) atoms. The van der Waals surface area contributed by atoms with E-state index in [0.29, 0.717) is 29.7 Å². The van der Waals surface area contributed by atoms with E-state index in [0.717, 1.165) is 15.7 Å². The fourth-order valence-corrected chi connectivity index (χ4v) is 6.49. The van der Waals surface area contributed by atoms with Crippen molar-refractivity contribution in [2.75, 3.05) is 25.6 Å². The summed E-state index contributed by atoms with van der Waals surface area (Å²) < 4.78 is 8.74. The number of rotatable bonds is 5. The Hall–Kier alpha value is -2.44. The molecule has 0 spiro atoms. The van der Waals surface area contributed by atoms with Crippen molar-refractivity contribution >= 4 is 67.6 Å². The van der Waals surface area contributed by atoms with Gasteiger partial charge in [0.15, 0.2) is 4.80 Å². The number of ether oxygens (including phenoxy) is 1. The molecule has 1 aliphatic rings. The van der Waals surface area contributed by atoms with Crippen molar-refractivity contribution in [3.05, 3.63) is 86.5 Å². The van der Waals surface area contributed by atoms with Crippen LogP contribution >= 0.6 is 49.9 Å². The number of phenolic OH excluding ortho intramolecular Hbond substituents is 1. The van der Waals surface area contributed by atoms with Gasteiger partial charge in [0.2, 0.25) is 0 Å². The zero-order valence-corrected chi connectivity index (χ0v) is 24.1. The molecule has 0 radical (unpaired) electrons. The Morgan fingerprint density at radius 3 is 2.63 bits per heavy atom. The lowest BCUT2D eigenvalue weighted by molar-refractivity contribution is -0.139. The van der Waals surface area contributed by atoms with Gasteiger partial charge >= 0.3 is 5.97 Å². The molecule has 1 aromatic heterocycles. The molecule has 1 aliphatic heterocycles. The van der Waals surface area contributed by atoms with E-state index >= 15 is 0 Å². The molecule has 0 bridgehead atoms. The van der Waals surface area contributed by atoms with Crippen LogP contribution in [0.5, 0.6) is 5.75 Å². The number of anilines is 1. The number of nitrogens with zero attached hydrogens (tertiary/aromatic N) is 3. The predicted molar refractivity (Wildman–Crippen MR) is 150 cm³/mol. The maximum Gasteiger partial charge on any atom is 0.338 e. The number of thiazole rings is 1. The minimum absolute atomic E-state index is 0.0962. The average molecular weight is 668 g/mol. The number of aromatic hydroxyl groups is 1. The van der Waals surface area contributed by atoms with E-state index in [2.05, 4.69) is 20.9 Å². The lowest BCUT2D eigenvalue weighted by Gasteiger charge is -2.25. The van der Waals surface area contributed by atoms with Gasteiger partial charge in [-0.15, -0.1) is 0 Å². The van der Waals surface area contributed by atoms with Crippen LogP contribution in [0.2, 0.25) is 0 Å². The van der Waals surface area contributed by atoms with E-state index in [4.69, 9.17) is 4.74 Å². The van der Waals surface area contributed by atoms with E-state index < -0.39 is 12.0 Å². The first-order chi connectivity index (χ1) is 16.6. The number of fused-ring (bicyclic) bond motifs is 1. The number of carbonyl (C=O) groups is 1. The molecule has 2 heterocycles. The number of carbonyl (C=O) groups excluding carboxylic acids is 1. The van der Waals surface area contributed by atoms with Crippen LogP contribution in [0.3, 0.4) is 0 Å². The molecule has 3 aromatic rings. The summed E-state index contributed by atoms with van der Waals surface area (Å²) in [7, 11) is 3.90. The monoisotopic (exact) mass is 667 g/mol. The Kier molecular flexibility index (Phi) is 7.53. The maximum absolute atomic E-state index is 13.7. The van der Waals surface area contributed by atoms with Crippen LogP contribution in [0.15, 0.2) is 61.9 Å². The number of aromatic nitrogens is 1. The average Bonchev–Trinajstić information content (AvgIpc) is 3.10. The minimum Gasteiger partial charge on any atom is -0.506 e. The van der Waals surface area contributed by atoms with Crippen molar-refractivity contribution in [1.82, 2.24) is 4.57 Å². The van der Waals surface area contributed by atoms with Gasteiger partial charge in [-0.05, 0) is 72.3 Å². The van der Waals surface area contributed by atoms with Crippen LogP contribution in [0.1, 0.15) is 31.0 Å². The van der Waals surface area contributed by atoms with E-state index in [1.54, 1.807) is 36.6 Å². The normalized spacial score (nSPS) is 15.6. The molecule has 2 aromatic carbocycles. The third-order valence-corrected chi connectivity index (χ3v) is 7.85. The summed E-state index contributed by atoms with van der Waals surface area (Å²) in [5, 5.41) is 10.5. The van der Waals surface area contributed by atoms with E-state index in [9.17, 15) is 14.7 Å². The van der Waals surface area contributed by atoms with Crippen LogP contribution in [-0.4, -0.2) is 36.3 Å². The first kappa shape index (κ1) is 25.6. The van der Waals surface area contributed by atoms with Gasteiger partial charge < -0.3 is 14.7 Å². The molecule has 0 amide bonds. The summed E-state index contributed by atoms with van der Waals surface area (Å²) in [5.41, 5.74) is 2.85. The molecule has 0 saturated carbocycles. The highest BCUT2D eigenvalue weighted by atomic mass is 127. The Balaban J connectivity index is 1.96. The van der Waals surface area contributed by atoms with Crippen molar-refractivity contribution < 1.29 is 14.6 Å². The van der Waals surface area contributed by atoms with Gasteiger partial charge in [0.25, 0.3) is 5.56 Å². The highest BCUT2D eigenvalue weighted by Gasteiger charge is 2.33. The minimum atomic E-state index is -0.681. The quantitative estimate of drug-likeness (QED) is 0.329. The van der Waals surface area contributed by atoms with Crippen LogP contribution in [-0.2, 0) is 9.53 Å². The van der Waals surface area contributed by atoms with Gasteiger partial charge in [-0.25, -0.2) is 9.79 Å². The number of esters is 1. The van der Waals surface area contributed by atoms with Crippen molar-refractivity contribution in [3.8, 4) is 5.75 Å². The number of benzene rings is 2. The fourth-order valence-electron chi connectivity index (χ4n) is 3.90. The summed E-state index contributed by atoms with van der Waals surface area (Å²) in [4.78, 5) is 33.7. The summed E-state index contributed by atoms with van der Waals surface area (Å²) in [6, 6.07) is 10.6. The Bertz CT molecular complexity index is 1520. The number of phenols is 1. The summed E-state index contributed by atoms with van der Waals surface area (Å²) >= 11 is 6.70. The number of allylic oxidation sites excluding steroid dienone is 1. The van der Waals surface area contributed by atoms with Crippen molar-refractivity contribution in [1.29, 1.82) is 0 Å². The summed E-state index contributed by atoms with van der Waals surface area (Å²) in [6.07, 6.45) is 1.65. The van der Waals surface area contributed by atoms with Gasteiger partial charge in [0, 0.05) is 29.8 Å². The molecule has 0 fully saturated rings.